The summed E-state index contributed by atoms with van der Waals surface area (Å²) < 4.78 is 12.5. The fourth-order valence-electron chi connectivity index (χ4n) is 5.52. The van der Waals surface area contributed by atoms with Gasteiger partial charge in [-0.05, 0) is 104 Å². The molecule has 190 valence electrons. The number of piperidine rings is 2. The van der Waals surface area contributed by atoms with Crippen molar-refractivity contribution in [1.29, 1.82) is 0 Å². The zero-order chi connectivity index (χ0) is 24.6. The van der Waals surface area contributed by atoms with Crippen molar-refractivity contribution in [1.82, 2.24) is 10.2 Å². The lowest BCUT2D eigenvalue weighted by Gasteiger charge is -2.48. The Labute approximate surface area is 223 Å². The Bertz CT molecular complexity index is 972. The minimum atomic E-state index is -0.385. The number of hydrogen-bond donors (Lipinski definition) is 2. The number of unbranched alkanes of at least 4 members (excludes halogenated alkanes) is 1. The SMILES string of the molecule is COc1ccc(C)cc1NC(=O)OC1CC2CCCC(C1)N2CCCCNCc1cccc(I)c1. The van der Waals surface area contributed by atoms with Crippen LogP contribution in [0.3, 0.4) is 0 Å². The second-order valence-electron chi connectivity index (χ2n) is 9.82. The third-order valence-electron chi connectivity index (χ3n) is 7.19. The summed E-state index contributed by atoms with van der Waals surface area (Å²) >= 11 is 2.36. The largest absolute Gasteiger partial charge is 0.495 e. The Kier molecular flexibility index (Phi) is 9.68. The molecule has 4 rings (SSSR count). The monoisotopic (exact) mass is 591 g/mol. The summed E-state index contributed by atoms with van der Waals surface area (Å²) in [4.78, 5) is 15.3. The second-order valence-corrected chi connectivity index (χ2v) is 11.1. The van der Waals surface area contributed by atoms with Gasteiger partial charge in [0.05, 0.1) is 12.8 Å². The molecule has 2 aromatic carbocycles. The van der Waals surface area contributed by atoms with E-state index in [1.54, 1.807) is 7.11 Å². The van der Waals surface area contributed by atoms with Crippen LogP contribution >= 0.6 is 22.6 Å². The molecule has 2 saturated heterocycles. The van der Waals surface area contributed by atoms with Gasteiger partial charge >= 0.3 is 6.09 Å². The third-order valence-corrected chi connectivity index (χ3v) is 7.86. The van der Waals surface area contributed by atoms with Crippen LogP contribution in [0.1, 0.15) is 56.1 Å². The van der Waals surface area contributed by atoms with Crippen LogP contribution < -0.4 is 15.4 Å². The summed E-state index contributed by atoms with van der Waals surface area (Å²) in [6, 6.07) is 15.4. The first kappa shape index (κ1) is 26.2. The van der Waals surface area contributed by atoms with Gasteiger partial charge in [-0.2, -0.15) is 0 Å². The smallest absolute Gasteiger partial charge is 0.412 e. The quantitative estimate of drug-likeness (QED) is 0.258. The molecule has 0 saturated carbocycles. The molecule has 2 bridgehead atoms. The van der Waals surface area contributed by atoms with E-state index < -0.39 is 0 Å². The molecule has 2 aromatic rings. The Morgan fingerprint density at radius 2 is 1.91 bits per heavy atom. The number of ether oxygens (including phenoxy) is 2. The van der Waals surface area contributed by atoms with Crippen LogP contribution in [0.4, 0.5) is 10.5 Å². The van der Waals surface area contributed by atoms with E-state index in [2.05, 4.69) is 62.4 Å². The van der Waals surface area contributed by atoms with Crippen LogP contribution in [-0.4, -0.2) is 49.4 Å². The first-order valence-corrected chi connectivity index (χ1v) is 13.9. The molecule has 35 heavy (non-hydrogen) atoms. The second kappa shape index (κ2) is 12.9. The molecule has 0 aliphatic carbocycles. The van der Waals surface area contributed by atoms with E-state index in [1.165, 1.54) is 41.2 Å². The molecule has 6 nitrogen and oxygen atoms in total. The highest BCUT2D eigenvalue weighted by molar-refractivity contribution is 14.1. The van der Waals surface area contributed by atoms with Gasteiger partial charge in [0.15, 0.2) is 0 Å². The number of fused-ring (bicyclic) bond motifs is 2. The normalized spacial score (nSPS) is 22.0. The lowest BCUT2D eigenvalue weighted by molar-refractivity contribution is -0.0307. The van der Waals surface area contributed by atoms with Crippen molar-refractivity contribution in [3.05, 3.63) is 57.2 Å². The summed E-state index contributed by atoms with van der Waals surface area (Å²) in [6.45, 7) is 5.11. The van der Waals surface area contributed by atoms with Crippen molar-refractivity contribution < 1.29 is 14.3 Å². The van der Waals surface area contributed by atoms with Crippen LogP contribution in [0.5, 0.6) is 5.75 Å². The van der Waals surface area contributed by atoms with Gasteiger partial charge in [0.1, 0.15) is 11.9 Å². The highest BCUT2D eigenvalue weighted by Crippen LogP contribution is 2.35. The molecular weight excluding hydrogens is 553 g/mol. The predicted molar refractivity (Wildman–Crippen MR) is 149 cm³/mol. The summed E-state index contributed by atoms with van der Waals surface area (Å²) in [7, 11) is 1.61. The number of carbonyl (C=O) groups is 1. The van der Waals surface area contributed by atoms with Gasteiger partial charge in [0.2, 0.25) is 0 Å². The number of carbonyl (C=O) groups excluding carboxylic acids is 1. The highest BCUT2D eigenvalue weighted by Gasteiger charge is 2.39. The maximum atomic E-state index is 12.6. The number of halogens is 1. The average molecular weight is 592 g/mol. The van der Waals surface area contributed by atoms with Crippen LogP contribution in [0.2, 0.25) is 0 Å². The number of aryl methyl sites for hydroxylation is 1. The van der Waals surface area contributed by atoms with Crippen LogP contribution in [0.25, 0.3) is 0 Å². The fraction of sp³-hybridized carbons (Fsp3) is 0.536. The van der Waals surface area contributed by atoms with E-state index in [1.807, 2.05) is 25.1 Å². The molecular formula is C28H38IN3O3. The molecule has 1 amide bonds. The molecule has 2 unspecified atom stereocenters. The topological polar surface area (TPSA) is 62.8 Å². The number of anilines is 1. The zero-order valence-electron chi connectivity index (χ0n) is 20.9. The van der Waals surface area contributed by atoms with E-state index in [9.17, 15) is 4.79 Å². The molecule has 2 aliphatic heterocycles. The molecule has 2 aliphatic rings. The first-order chi connectivity index (χ1) is 17.0. The number of rotatable bonds is 10. The van der Waals surface area contributed by atoms with Gasteiger partial charge in [0.25, 0.3) is 0 Å². The van der Waals surface area contributed by atoms with Gasteiger partial charge in [0, 0.05) is 35.0 Å². The van der Waals surface area contributed by atoms with E-state index in [0.29, 0.717) is 23.5 Å². The molecule has 2 fully saturated rings. The van der Waals surface area contributed by atoms with Crippen molar-refractivity contribution in [3.8, 4) is 5.75 Å². The maximum Gasteiger partial charge on any atom is 0.412 e. The van der Waals surface area contributed by atoms with Crippen molar-refractivity contribution in [3.63, 3.8) is 0 Å². The number of methoxy groups -OCH3 is 1. The van der Waals surface area contributed by atoms with Crippen LogP contribution in [0.15, 0.2) is 42.5 Å². The lowest BCUT2D eigenvalue weighted by Crippen LogP contribution is -2.54. The summed E-state index contributed by atoms with van der Waals surface area (Å²) in [5, 5.41) is 6.47. The predicted octanol–water partition coefficient (Wildman–Crippen LogP) is 6.11. The number of benzene rings is 2. The van der Waals surface area contributed by atoms with Crippen LogP contribution in [-0.2, 0) is 11.3 Å². The van der Waals surface area contributed by atoms with E-state index in [-0.39, 0.29) is 12.2 Å². The summed E-state index contributed by atoms with van der Waals surface area (Å²) in [5.74, 6) is 0.646. The van der Waals surface area contributed by atoms with Crippen molar-refractivity contribution in [2.45, 2.75) is 76.6 Å². The van der Waals surface area contributed by atoms with Gasteiger partial charge in [-0.1, -0.05) is 24.6 Å². The standard InChI is InChI=1S/C28H38IN3O3/c1-20-11-12-27(34-2)26(15-20)31-28(33)35-25-17-23-9-6-10-24(18-25)32(23)14-4-3-13-30-19-21-7-5-8-22(29)16-21/h5,7-8,11-12,15-16,23-25,30H,3-4,6,9-10,13-14,17-19H2,1-2H3,(H,31,33). The minimum absolute atomic E-state index is 0.0207. The molecule has 2 atom stereocenters. The zero-order valence-corrected chi connectivity index (χ0v) is 23.1. The van der Waals surface area contributed by atoms with Crippen molar-refractivity contribution >= 4 is 34.4 Å². The summed E-state index contributed by atoms with van der Waals surface area (Å²) in [5.41, 5.74) is 3.07. The Hall–Kier alpha value is -1.84. The van der Waals surface area contributed by atoms with E-state index >= 15 is 0 Å². The molecule has 2 heterocycles. The summed E-state index contributed by atoms with van der Waals surface area (Å²) in [6.07, 6.45) is 7.52. The van der Waals surface area contributed by atoms with Crippen LogP contribution in [0, 0.1) is 10.5 Å². The maximum absolute atomic E-state index is 12.6. The molecule has 7 heteroatoms. The van der Waals surface area contributed by atoms with E-state index in [4.69, 9.17) is 9.47 Å². The fourth-order valence-corrected chi connectivity index (χ4v) is 6.13. The third kappa shape index (κ3) is 7.57. The molecule has 0 spiro atoms. The number of nitrogens with one attached hydrogen (secondary N) is 2. The number of nitrogens with zero attached hydrogens (tertiary/aromatic N) is 1. The number of amides is 1. The molecule has 0 aromatic heterocycles. The Morgan fingerprint density at radius 3 is 2.66 bits per heavy atom. The average Bonchev–Trinajstić information content (AvgIpc) is 2.81. The Balaban J connectivity index is 1.19. The van der Waals surface area contributed by atoms with Crippen molar-refractivity contribution in [2.75, 3.05) is 25.5 Å². The lowest BCUT2D eigenvalue weighted by atomic mass is 9.82. The van der Waals surface area contributed by atoms with Gasteiger partial charge in [-0.3, -0.25) is 10.2 Å². The Morgan fingerprint density at radius 1 is 1.11 bits per heavy atom. The molecule has 2 N–H and O–H groups in total. The number of hydrogen-bond acceptors (Lipinski definition) is 5. The van der Waals surface area contributed by atoms with Gasteiger partial charge < -0.3 is 14.8 Å². The van der Waals surface area contributed by atoms with Gasteiger partial charge in [-0.15, -0.1) is 0 Å². The molecule has 0 radical (unpaired) electrons. The highest BCUT2D eigenvalue weighted by atomic mass is 127. The van der Waals surface area contributed by atoms with Crippen molar-refractivity contribution in [2.24, 2.45) is 0 Å². The minimum Gasteiger partial charge on any atom is -0.495 e. The van der Waals surface area contributed by atoms with E-state index in [0.717, 1.165) is 38.0 Å². The first-order valence-electron chi connectivity index (χ1n) is 12.8. The van der Waals surface area contributed by atoms with Gasteiger partial charge in [-0.25, -0.2) is 4.79 Å².